The molecule has 0 spiro atoms. The summed E-state index contributed by atoms with van der Waals surface area (Å²) in [4.78, 5) is 27.1. The number of morpholine rings is 1. The molecule has 1 aliphatic heterocycles. The van der Waals surface area contributed by atoms with E-state index in [9.17, 15) is 4.79 Å². The summed E-state index contributed by atoms with van der Waals surface area (Å²) in [5, 5.41) is 3.35. The predicted molar refractivity (Wildman–Crippen MR) is 93.7 cm³/mol. The van der Waals surface area contributed by atoms with E-state index in [1.54, 1.807) is 7.11 Å². The monoisotopic (exact) mass is 363 g/mol. The first kappa shape index (κ1) is 17.7. The zero-order valence-electron chi connectivity index (χ0n) is 14.3. The Morgan fingerprint density at radius 3 is 3.16 bits per heavy atom. The lowest BCUT2D eigenvalue weighted by Gasteiger charge is -2.32. The maximum absolute atomic E-state index is 11.1. The summed E-state index contributed by atoms with van der Waals surface area (Å²) < 4.78 is 11.0. The van der Waals surface area contributed by atoms with Gasteiger partial charge >= 0.3 is 0 Å². The minimum absolute atomic E-state index is 0.0797. The van der Waals surface area contributed by atoms with Crippen molar-refractivity contribution < 1.29 is 14.3 Å². The maximum Gasteiger partial charge on any atom is 0.223 e. The van der Waals surface area contributed by atoms with E-state index in [1.165, 1.54) is 24.6 Å². The van der Waals surface area contributed by atoms with Gasteiger partial charge in [0.15, 0.2) is 5.13 Å². The highest BCUT2D eigenvalue weighted by atomic mass is 32.1. The molecule has 3 heterocycles. The first-order chi connectivity index (χ1) is 12.1. The van der Waals surface area contributed by atoms with E-state index in [2.05, 4.69) is 25.2 Å². The average Bonchev–Trinajstić information content (AvgIpc) is 3.01. The topological polar surface area (TPSA) is 89.5 Å². The minimum Gasteiger partial charge on any atom is -0.481 e. The van der Waals surface area contributed by atoms with Gasteiger partial charge in [-0.15, -0.1) is 11.3 Å². The molecule has 2 aromatic heterocycles. The number of methoxy groups -OCH3 is 1. The molecule has 25 heavy (non-hydrogen) atoms. The zero-order valence-corrected chi connectivity index (χ0v) is 15.1. The third-order valence-corrected chi connectivity index (χ3v) is 4.68. The van der Waals surface area contributed by atoms with Gasteiger partial charge in [0.2, 0.25) is 11.8 Å². The Hall–Kier alpha value is -2.10. The molecule has 1 atom stereocenters. The molecule has 3 rings (SSSR count). The summed E-state index contributed by atoms with van der Waals surface area (Å²) in [6.07, 6.45) is 4.12. The van der Waals surface area contributed by atoms with Crippen molar-refractivity contribution in [3.63, 3.8) is 0 Å². The van der Waals surface area contributed by atoms with E-state index >= 15 is 0 Å². The lowest BCUT2D eigenvalue weighted by atomic mass is 10.1. The van der Waals surface area contributed by atoms with E-state index in [4.69, 9.17) is 9.47 Å². The lowest BCUT2D eigenvalue weighted by molar-refractivity contribution is -0.114. The molecule has 0 unspecified atom stereocenters. The number of nitrogens with one attached hydrogen (secondary N) is 1. The van der Waals surface area contributed by atoms with E-state index in [0.29, 0.717) is 17.6 Å². The number of amides is 1. The smallest absolute Gasteiger partial charge is 0.223 e. The quantitative estimate of drug-likeness (QED) is 0.828. The number of anilines is 1. The van der Waals surface area contributed by atoms with Crippen LogP contribution in [-0.2, 0) is 22.5 Å². The van der Waals surface area contributed by atoms with Gasteiger partial charge < -0.3 is 14.8 Å². The Balaban J connectivity index is 1.55. The molecule has 0 saturated carbocycles. The fourth-order valence-corrected chi connectivity index (χ4v) is 3.59. The highest BCUT2D eigenvalue weighted by molar-refractivity contribution is 7.15. The fraction of sp³-hybridized carbons (Fsp3) is 0.500. The summed E-state index contributed by atoms with van der Waals surface area (Å²) in [5.74, 6) is 0.459. The average molecular weight is 363 g/mol. The van der Waals surface area contributed by atoms with Crippen LogP contribution in [-0.4, -0.2) is 58.7 Å². The first-order valence-electron chi connectivity index (χ1n) is 8.03. The Bertz CT molecular complexity index is 723. The third-order valence-electron chi connectivity index (χ3n) is 3.78. The van der Waals surface area contributed by atoms with Crippen molar-refractivity contribution in [2.75, 3.05) is 32.1 Å². The van der Waals surface area contributed by atoms with Gasteiger partial charge in [-0.1, -0.05) is 0 Å². The van der Waals surface area contributed by atoms with E-state index in [1.807, 2.05) is 12.3 Å². The van der Waals surface area contributed by atoms with Gasteiger partial charge in [0, 0.05) is 50.1 Å². The summed E-state index contributed by atoms with van der Waals surface area (Å²) in [5.41, 5.74) is 0.907. The second-order valence-corrected chi connectivity index (χ2v) is 6.91. The molecule has 1 fully saturated rings. The van der Waals surface area contributed by atoms with Crippen molar-refractivity contribution in [3.05, 3.63) is 29.2 Å². The normalized spacial score (nSPS) is 18.1. The number of carbonyl (C=O) groups is 1. The van der Waals surface area contributed by atoms with Crippen LogP contribution in [0.4, 0.5) is 5.13 Å². The Morgan fingerprint density at radius 2 is 2.36 bits per heavy atom. The van der Waals surface area contributed by atoms with Gasteiger partial charge in [0.05, 0.1) is 25.5 Å². The van der Waals surface area contributed by atoms with Crippen LogP contribution in [0, 0.1) is 0 Å². The second-order valence-electron chi connectivity index (χ2n) is 5.80. The molecule has 134 valence electrons. The van der Waals surface area contributed by atoms with Gasteiger partial charge in [-0.25, -0.2) is 15.0 Å². The molecule has 1 amide bonds. The zero-order chi connectivity index (χ0) is 17.6. The van der Waals surface area contributed by atoms with Crippen molar-refractivity contribution in [1.82, 2.24) is 19.9 Å². The fourth-order valence-electron chi connectivity index (χ4n) is 2.69. The van der Waals surface area contributed by atoms with E-state index in [0.717, 1.165) is 36.6 Å². The van der Waals surface area contributed by atoms with Crippen molar-refractivity contribution >= 4 is 22.4 Å². The van der Waals surface area contributed by atoms with Crippen molar-refractivity contribution in [2.24, 2.45) is 0 Å². The SMILES string of the molecule is COc1cc(C[C@@H]2CN(Cc3cnc(NC(C)=O)s3)CCO2)ncn1. The highest BCUT2D eigenvalue weighted by Gasteiger charge is 2.22. The van der Waals surface area contributed by atoms with Crippen LogP contribution in [0.2, 0.25) is 0 Å². The molecule has 0 radical (unpaired) electrons. The van der Waals surface area contributed by atoms with Crippen LogP contribution < -0.4 is 10.1 Å². The Kier molecular flexibility index (Phi) is 5.90. The number of ether oxygens (including phenoxy) is 2. The van der Waals surface area contributed by atoms with Crippen molar-refractivity contribution in [3.8, 4) is 5.88 Å². The number of thiazole rings is 1. The second kappa shape index (κ2) is 8.32. The van der Waals surface area contributed by atoms with Crippen LogP contribution in [0.3, 0.4) is 0 Å². The Morgan fingerprint density at radius 1 is 1.48 bits per heavy atom. The van der Waals surface area contributed by atoms with Gasteiger partial charge in [0.25, 0.3) is 0 Å². The third kappa shape index (κ3) is 5.18. The van der Waals surface area contributed by atoms with Gasteiger partial charge in [-0.3, -0.25) is 9.69 Å². The van der Waals surface area contributed by atoms with Crippen molar-refractivity contribution in [2.45, 2.75) is 26.0 Å². The standard InChI is InChI=1S/C16H21N5O3S/c1-11(22)20-16-17-7-14(25-16)9-21-3-4-24-13(8-21)5-12-6-15(23-2)19-10-18-12/h6-7,10,13H,3-5,8-9H2,1-2H3,(H,17,20,22)/t13-/m1/s1. The van der Waals surface area contributed by atoms with Crippen LogP contribution in [0.15, 0.2) is 18.6 Å². The van der Waals surface area contributed by atoms with Crippen LogP contribution in [0.5, 0.6) is 5.88 Å². The summed E-state index contributed by atoms with van der Waals surface area (Å²) in [6.45, 7) is 4.65. The van der Waals surface area contributed by atoms with Gasteiger partial charge in [-0.2, -0.15) is 0 Å². The highest BCUT2D eigenvalue weighted by Crippen LogP contribution is 2.21. The summed E-state index contributed by atoms with van der Waals surface area (Å²) in [6, 6.07) is 1.84. The molecular weight excluding hydrogens is 342 g/mol. The van der Waals surface area contributed by atoms with Crippen LogP contribution in [0.25, 0.3) is 0 Å². The van der Waals surface area contributed by atoms with Gasteiger partial charge in [-0.05, 0) is 0 Å². The molecule has 8 nitrogen and oxygen atoms in total. The molecular formula is C16H21N5O3S. The molecule has 0 bridgehead atoms. The maximum atomic E-state index is 11.1. The van der Waals surface area contributed by atoms with E-state index < -0.39 is 0 Å². The Labute approximate surface area is 150 Å². The summed E-state index contributed by atoms with van der Waals surface area (Å²) in [7, 11) is 1.59. The van der Waals surface area contributed by atoms with Crippen LogP contribution >= 0.6 is 11.3 Å². The number of hydrogen-bond acceptors (Lipinski definition) is 8. The molecule has 1 aliphatic rings. The van der Waals surface area contributed by atoms with E-state index in [-0.39, 0.29) is 12.0 Å². The lowest BCUT2D eigenvalue weighted by Crippen LogP contribution is -2.42. The van der Waals surface area contributed by atoms with Gasteiger partial charge in [0.1, 0.15) is 6.33 Å². The molecule has 1 N–H and O–H groups in total. The van der Waals surface area contributed by atoms with Crippen LogP contribution in [0.1, 0.15) is 17.5 Å². The number of rotatable bonds is 6. The number of hydrogen-bond donors (Lipinski definition) is 1. The number of carbonyl (C=O) groups excluding carboxylic acids is 1. The molecule has 0 aromatic carbocycles. The molecule has 0 aliphatic carbocycles. The number of nitrogens with zero attached hydrogens (tertiary/aromatic N) is 4. The molecule has 9 heteroatoms. The minimum atomic E-state index is -0.104. The summed E-state index contributed by atoms with van der Waals surface area (Å²) >= 11 is 1.50. The number of aromatic nitrogens is 3. The molecule has 1 saturated heterocycles. The largest absolute Gasteiger partial charge is 0.481 e. The van der Waals surface area contributed by atoms with Crippen molar-refractivity contribution in [1.29, 1.82) is 0 Å². The first-order valence-corrected chi connectivity index (χ1v) is 8.85. The molecule has 2 aromatic rings. The predicted octanol–water partition coefficient (Wildman–Crippen LogP) is 1.34.